The minimum Gasteiger partial charge on any atom is -0.369 e. The Hall–Kier alpha value is -1.59. The fourth-order valence-electron chi connectivity index (χ4n) is 5.74. The molecule has 0 spiro atoms. The fourth-order valence-corrected chi connectivity index (χ4v) is 5.74. The minimum atomic E-state index is -0.715. The van der Waals surface area contributed by atoms with Crippen LogP contribution in [0.3, 0.4) is 0 Å². The Morgan fingerprint density at radius 2 is 1.87 bits per heavy atom. The molecule has 6 heteroatoms. The Balaban J connectivity index is 1.62. The molecule has 2 amide bonds. The van der Waals surface area contributed by atoms with Gasteiger partial charge < -0.3 is 10.6 Å². The molecule has 0 bridgehead atoms. The molecule has 2 aliphatic heterocycles. The standard InChI is InChI=1S/C24H42N4O2/c1-3-4-14-21(29)28-16-9-13-20(18-28)17-24(22(30)27(2)23(25)26-24)15-8-12-19-10-6-5-7-11-19/h19-20H,3-18H2,1-2H3,(H2,25,26)/t20?,24-/m1/s1. The number of carbonyl (C=O) groups excluding carboxylic acids is 2. The van der Waals surface area contributed by atoms with Crippen LogP contribution in [0.25, 0.3) is 0 Å². The normalized spacial score (nSPS) is 28.1. The highest BCUT2D eigenvalue weighted by molar-refractivity contribution is 6.06. The second-order valence-electron chi connectivity index (χ2n) is 9.92. The monoisotopic (exact) mass is 418 g/mol. The number of guanidine groups is 1. The zero-order valence-electron chi connectivity index (χ0n) is 19.2. The van der Waals surface area contributed by atoms with E-state index in [0.717, 1.165) is 64.0 Å². The number of nitrogens with zero attached hydrogens (tertiary/aromatic N) is 3. The third-order valence-electron chi connectivity index (χ3n) is 7.54. The molecule has 0 aromatic carbocycles. The number of piperidine rings is 1. The predicted molar refractivity (Wildman–Crippen MR) is 121 cm³/mol. The van der Waals surface area contributed by atoms with E-state index in [-0.39, 0.29) is 11.8 Å². The molecule has 1 saturated carbocycles. The van der Waals surface area contributed by atoms with Gasteiger partial charge in [-0.05, 0) is 43.9 Å². The number of likely N-dealkylation sites (N-methyl/N-ethyl adjacent to an activating group) is 1. The van der Waals surface area contributed by atoms with Crippen molar-refractivity contribution >= 4 is 17.8 Å². The number of aliphatic imine (C=N–C) groups is 1. The van der Waals surface area contributed by atoms with Crippen LogP contribution in [0, 0.1) is 11.8 Å². The molecule has 170 valence electrons. The summed E-state index contributed by atoms with van der Waals surface area (Å²) in [5, 5.41) is 0. The quantitative estimate of drug-likeness (QED) is 0.613. The van der Waals surface area contributed by atoms with Crippen LogP contribution in [0.1, 0.15) is 96.8 Å². The fraction of sp³-hybridized carbons (Fsp3) is 0.875. The highest BCUT2D eigenvalue weighted by Crippen LogP contribution is 2.38. The first kappa shape index (κ1) is 23.1. The van der Waals surface area contributed by atoms with Crippen molar-refractivity contribution in [3.05, 3.63) is 0 Å². The molecular formula is C24H42N4O2. The van der Waals surface area contributed by atoms with Crippen molar-refractivity contribution in [2.75, 3.05) is 20.1 Å². The van der Waals surface area contributed by atoms with E-state index in [1.807, 2.05) is 4.90 Å². The lowest BCUT2D eigenvalue weighted by molar-refractivity contribution is -0.134. The van der Waals surface area contributed by atoms with Gasteiger partial charge in [-0.3, -0.25) is 14.5 Å². The number of hydrogen-bond acceptors (Lipinski definition) is 4. The molecular weight excluding hydrogens is 376 g/mol. The largest absolute Gasteiger partial charge is 0.369 e. The molecule has 6 nitrogen and oxygen atoms in total. The lowest BCUT2D eigenvalue weighted by atomic mass is 9.78. The van der Waals surface area contributed by atoms with E-state index in [0.29, 0.717) is 18.3 Å². The summed E-state index contributed by atoms with van der Waals surface area (Å²) in [4.78, 5) is 34.0. The Morgan fingerprint density at radius 3 is 2.53 bits per heavy atom. The van der Waals surface area contributed by atoms with Crippen LogP contribution in [0.15, 0.2) is 4.99 Å². The maximum atomic E-state index is 13.2. The Labute approximate surface area is 182 Å². The molecule has 1 saturated heterocycles. The summed E-state index contributed by atoms with van der Waals surface area (Å²) in [6, 6.07) is 0. The summed E-state index contributed by atoms with van der Waals surface area (Å²) in [6.07, 6.45) is 15.2. The summed E-state index contributed by atoms with van der Waals surface area (Å²) < 4.78 is 0. The summed E-state index contributed by atoms with van der Waals surface area (Å²) in [6.45, 7) is 3.74. The third kappa shape index (κ3) is 5.55. The van der Waals surface area contributed by atoms with Crippen molar-refractivity contribution in [2.24, 2.45) is 22.6 Å². The van der Waals surface area contributed by atoms with E-state index in [2.05, 4.69) is 6.92 Å². The second-order valence-corrected chi connectivity index (χ2v) is 9.92. The molecule has 1 unspecified atom stereocenters. The zero-order valence-corrected chi connectivity index (χ0v) is 19.2. The number of nitrogens with two attached hydrogens (primary N) is 1. The lowest BCUT2D eigenvalue weighted by Gasteiger charge is -2.37. The van der Waals surface area contributed by atoms with Crippen LogP contribution >= 0.6 is 0 Å². The number of likely N-dealkylation sites (tertiary alicyclic amines) is 1. The molecule has 2 fully saturated rings. The van der Waals surface area contributed by atoms with E-state index in [1.54, 1.807) is 7.05 Å². The van der Waals surface area contributed by atoms with Crippen LogP contribution in [-0.2, 0) is 9.59 Å². The van der Waals surface area contributed by atoms with E-state index < -0.39 is 5.54 Å². The van der Waals surface area contributed by atoms with Gasteiger partial charge in [-0.15, -0.1) is 0 Å². The van der Waals surface area contributed by atoms with Crippen LogP contribution in [0.2, 0.25) is 0 Å². The summed E-state index contributed by atoms with van der Waals surface area (Å²) in [7, 11) is 1.74. The van der Waals surface area contributed by atoms with Crippen LogP contribution in [0.5, 0.6) is 0 Å². The molecule has 0 aromatic heterocycles. The highest BCUT2D eigenvalue weighted by Gasteiger charge is 2.47. The molecule has 2 heterocycles. The third-order valence-corrected chi connectivity index (χ3v) is 7.54. The zero-order chi connectivity index (χ0) is 21.6. The van der Waals surface area contributed by atoms with Gasteiger partial charge in [0.1, 0.15) is 5.54 Å². The number of hydrogen-bond donors (Lipinski definition) is 1. The summed E-state index contributed by atoms with van der Waals surface area (Å²) in [5.74, 6) is 1.81. The van der Waals surface area contributed by atoms with Crippen LogP contribution < -0.4 is 5.73 Å². The highest BCUT2D eigenvalue weighted by atomic mass is 16.2. The number of rotatable bonds is 9. The van der Waals surface area contributed by atoms with Crippen molar-refractivity contribution in [2.45, 2.75) is 102 Å². The summed E-state index contributed by atoms with van der Waals surface area (Å²) in [5.41, 5.74) is 5.37. The number of amides is 2. The van der Waals surface area contributed by atoms with E-state index >= 15 is 0 Å². The Kier molecular flexibility index (Phi) is 8.18. The second kappa shape index (κ2) is 10.6. The van der Waals surface area contributed by atoms with Gasteiger partial charge in [-0.25, -0.2) is 4.99 Å². The molecule has 2 N–H and O–H groups in total. The van der Waals surface area contributed by atoms with Crippen molar-refractivity contribution in [3.8, 4) is 0 Å². The molecule has 0 radical (unpaired) electrons. The van der Waals surface area contributed by atoms with E-state index in [4.69, 9.17) is 10.7 Å². The number of carbonyl (C=O) groups is 2. The average Bonchev–Trinajstić information content (AvgIpc) is 2.96. The van der Waals surface area contributed by atoms with E-state index in [1.165, 1.54) is 43.4 Å². The maximum absolute atomic E-state index is 13.2. The smallest absolute Gasteiger partial charge is 0.257 e. The van der Waals surface area contributed by atoms with Gasteiger partial charge in [0.25, 0.3) is 5.91 Å². The van der Waals surface area contributed by atoms with Crippen molar-refractivity contribution in [1.29, 1.82) is 0 Å². The first-order valence-corrected chi connectivity index (χ1v) is 12.4. The molecule has 30 heavy (non-hydrogen) atoms. The molecule has 2 atom stereocenters. The molecule has 3 aliphatic rings. The molecule has 1 aliphatic carbocycles. The van der Waals surface area contributed by atoms with Gasteiger partial charge in [-0.2, -0.15) is 0 Å². The van der Waals surface area contributed by atoms with Gasteiger partial charge in [-0.1, -0.05) is 58.3 Å². The van der Waals surface area contributed by atoms with Gasteiger partial charge in [0.2, 0.25) is 5.91 Å². The molecule has 3 rings (SSSR count). The van der Waals surface area contributed by atoms with Crippen LogP contribution in [0.4, 0.5) is 0 Å². The topological polar surface area (TPSA) is 79.0 Å². The Bertz CT molecular complexity index is 629. The van der Waals surface area contributed by atoms with E-state index in [9.17, 15) is 9.59 Å². The van der Waals surface area contributed by atoms with Gasteiger partial charge in [0.05, 0.1) is 0 Å². The average molecular weight is 419 g/mol. The van der Waals surface area contributed by atoms with Crippen molar-refractivity contribution < 1.29 is 9.59 Å². The lowest BCUT2D eigenvalue weighted by Crippen LogP contribution is -2.46. The minimum absolute atomic E-state index is 0.0538. The number of unbranched alkanes of at least 4 members (excludes halogenated alkanes) is 1. The summed E-state index contributed by atoms with van der Waals surface area (Å²) >= 11 is 0. The van der Waals surface area contributed by atoms with Gasteiger partial charge >= 0.3 is 0 Å². The van der Waals surface area contributed by atoms with Crippen molar-refractivity contribution in [3.63, 3.8) is 0 Å². The predicted octanol–water partition coefficient (Wildman–Crippen LogP) is 4.08. The first-order valence-electron chi connectivity index (χ1n) is 12.4. The van der Waals surface area contributed by atoms with Crippen molar-refractivity contribution in [1.82, 2.24) is 9.80 Å². The van der Waals surface area contributed by atoms with Gasteiger partial charge in [0.15, 0.2) is 5.96 Å². The molecule has 0 aromatic rings. The Morgan fingerprint density at radius 1 is 1.13 bits per heavy atom. The SMILES string of the molecule is CCCCC(=O)N1CCCC(C[C@@]2(CCCC3CCCCC3)N=C(N)N(C)C2=O)C1. The van der Waals surface area contributed by atoms with Crippen LogP contribution in [-0.4, -0.2) is 53.2 Å². The van der Waals surface area contributed by atoms with Gasteiger partial charge in [0, 0.05) is 26.6 Å². The first-order chi connectivity index (χ1) is 14.4. The maximum Gasteiger partial charge on any atom is 0.257 e.